The Morgan fingerprint density at radius 1 is 1.00 bits per heavy atom. The number of allylic oxidation sites excluding steroid dienone is 5. The summed E-state index contributed by atoms with van der Waals surface area (Å²) >= 11 is 0. The number of ether oxygens (including phenoxy) is 2. The molecule has 0 amide bonds. The molecular formula is C22H34O5. The fourth-order valence-electron chi connectivity index (χ4n) is 2.68. The number of Topliss-reactive ketones (excluding diaryl/α,β-unsaturated/α-hetero) is 1. The zero-order chi connectivity index (χ0) is 20.9. The van der Waals surface area contributed by atoms with E-state index < -0.39 is 17.5 Å². The van der Waals surface area contributed by atoms with Crippen molar-refractivity contribution in [2.45, 2.75) is 78.9 Å². The first-order valence-corrected chi connectivity index (χ1v) is 9.48. The van der Waals surface area contributed by atoms with Crippen LogP contribution in [0, 0.1) is 5.41 Å². The van der Waals surface area contributed by atoms with Crippen molar-refractivity contribution >= 4 is 17.7 Å². The largest absolute Gasteiger partial charge is 0.463 e. The van der Waals surface area contributed by atoms with Gasteiger partial charge in [-0.15, -0.1) is 6.58 Å². The van der Waals surface area contributed by atoms with Crippen LogP contribution in [0.5, 0.6) is 0 Å². The van der Waals surface area contributed by atoms with Crippen LogP contribution in [0.2, 0.25) is 0 Å². The molecule has 0 fully saturated rings. The molecule has 0 aromatic rings. The SMILES string of the molecule is C=CCCC(=O)O[C@H](C)C[C@@H](C)OC(=O)C(C/C=C\C)(C/C=C\C)C(C)=O. The summed E-state index contributed by atoms with van der Waals surface area (Å²) in [4.78, 5) is 36.8. The average Bonchev–Trinajstić information content (AvgIpc) is 2.59. The van der Waals surface area contributed by atoms with Gasteiger partial charge in [0.05, 0.1) is 0 Å². The lowest BCUT2D eigenvalue weighted by molar-refractivity contribution is -0.165. The molecule has 0 aliphatic heterocycles. The summed E-state index contributed by atoms with van der Waals surface area (Å²) in [6.07, 6.45) is 9.83. The molecule has 152 valence electrons. The van der Waals surface area contributed by atoms with Crippen LogP contribution < -0.4 is 0 Å². The maximum atomic E-state index is 12.8. The normalized spacial score (nSPS) is 14.1. The molecule has 0 aliphatic rings. The number of esters is 2. The Labute approximate surface area is 163 Å². The molecule has 5 heteroatoms. The number of ketones is 1. The lowest BCUT2D eigenvalue weighted by Gasteiger charge is -2.29. The van der Waals surface area contributed by atoms with Gasteiger partial charge in [0, 0.05) is 12.8 Å². The van der Waals surface area contributed by atoms with Gasteiger partial charge in [0.25, 0.3) is 0 Å². The van der Waals surface area contributed by atoms with Gasteiger partial charge in [0.1, 0.15) is 23.4 Å². The van der Waals surface area contributed by atoms with Crippen molar-refractivity contribution in [1.29, 1.82) is 0 Å². The van der Waals surface area contributed by atoms with Gasteiger partial charge >= 0.3 is 11.9 Å². The van der Waals surface area contributed by atoms with E-state index in [2.05, 4.69) is 6.58 Å². The van der Waals surface area contributed by atoms with Gasteiger partial charge in [-0.25, -0.2) is 0 Å². The maximum absolute atomic E-state index is 12.8. The molecule has 0 saturated heterocycles. The van der Waals surface area contributed by atoms with E-state index in [1.54, 1.807) is 32.1 Å². The van der Waals surface area contributed by atoms with E-state index >= 15 is 0 Å². The smallest absolute Gasteiger partial charge is 0.320 e. The summed E-state index contributed by atoms with van der Waals surface area (Å²) in [7, 11) is 0. The highest BCUT2D eigenvalue weighted by atomic mass is 16.6. The first kappa shape index (κ1) is 24.8. The van der Waals surface area contributed by atoms with Crippen molar-refractivity contribution in [3.05, 3.63) is 37.0 Å². The van der Waals surface area contributed by atoms with Crippen LogP contribution in [0.3, 0.4) is 0 Å². The van der Waals surface area contributed by atoms with Crippen LogP contribution in [0.25, 0.3) is 0 Å². The minimum absolute atomic E-state index is 0.222. The summed E-state index contributed by atoms with van der Waals surface area (Å²) in [5, 5.41) is 0. The summed E-state index contributed by atoms with van der Waals surface area (Å²) in [6, 6.07) is 0. The van der Waals surface area contributed by atoms with Crippen molar-refractivity contribution in [3.63, 3.8) is 0 Å². The Balaban J connectivity index is 5.01. The highest BCUT2D eigenvalue weighted by Crippen LogP contribution is 2.32. The summed E-state index contributed by atoms with van der Waals surface area (Å²) in [5.41, 5.74) is -1.23. The highest BCUT2D eigenvalue weighted by molar-refractivity contribution is 6.03. The van der Waals surface area contributed by atoms with Crippen molar-refractivity contribution in [1.82, 2.24) is 0 Å². The standard InChI is InChI=1S/C22H34O5/c1-7-10-13-20(24)26-17(4)16-18(5)27-21(25)22(19(6)23,14-11-8-2)15-12-9-3/h7-9,11-12,17-18H,1,10,13-16H2,2-6H3/b11-8-,12-9-/t17-,18-/m1/s1. The van der Waals surface area contributed by atoms with E-state index in [0.717, 1.165) is 0 Å². The second kappa shape index (κ2) is 13.1. The third kappa shape index (κ3) is 8.85. The molecule has 0 radical (unpaired) electrons. The van der Waals surface area contributed by atoms with E-state index in [0.29, 0.717) is 25.7 Å². The second-order valence-electron chi connectivity index (χ2n) is 6.76. The molecule has 5 nitrogen and oxygen atoms in total. The van der Waals surface area contributed by atoms with E-state index in [9.17, 15) is 14.4 Å². The van der Waals surface area contributed by atoms with Crippen LogP contribution in [0.1, 0.15) is 66.7 Å². The monoisotopic (exact) mass is 378 g/mol. The van der Waals surface area contributed by atoms with Crippen LogP contribution in [-0.2, 0) is 23.9 Å². The fourth-order valence-corrected chi connectivity index (χ4v) is 2.68. The Morgan fingerprint density at radius 2 is 1.52 bits per heavy atom. The van der Waals surface area contributed by atoms with E-state index in [1.807, 2.05) is 26.0 Å². The van der Waals surface area contributed by atoms with Crippen LogP contribution in [-0.4, -0.2) is 29.9 Å². The average molecular weight is 379 g/mol. The molecule has 27 heavy (non-hydrogen) atoms. The highest BCUT2D eigenvalue weighted by Gasteiger charge is 2.43. The van der Waals surface area contributed by atoms with Crippen LogP contribution in [0.15, 0.2) is 37.0 Å². The molecule has 0 unspecified atom stereocenters. The molecule has 0 aromatic carbocycles. The van der Waals surface area contributed by atoms with Crippen LogP contribution in [0.4, 0.5) is 0 Å². The molecule has 0 aliphatic carbocycles. The number of hydrogen-bond donors (Lipinski definition) is 0. The van der Waals surface area contributed by atoms with Crippen LogP contribution >= 0.6 is 0 Å². The molecule has 0 rings (SSSR count). The van der Waals surface area contributed by atoms with E-state index in [4.69, 9.17) is 9.47 Å². The summed E-state index contributed by atoms with van der Waals surface area (Å²) in [6.45, 7) is 12.2. The maximum Gasteiger partial charge on any atom is 0.320 e. The first-order chi connectivity index (χ1) is 12.7. The molecule has 0 heterocycles. The molecule has 0 aromatic heterocycles. The van der Waals surface area contributed by atoms with Crippen molar-refractivity contribution < 1.29 is 23.9 Å². The van der Waals surface area contributed by atoms with Gasteiger partial charge in [-0.05, 0) is 53.9 Å². The van der Waals surface area contributed by atoms with Gasteiger partial charge in [0.2, 0.25) is 0 Å². The first-order valence-electron chi connectivity index (χ1n) is 9.48. The fraction of sp³-hybridized carbons (Fsp3) is 0.591. The number of carbonyl (C=O) groups is 3. The molecule has 0 spiro atoms. The summed E-state index contributed by atoms with van der Waals surface area (Å²) < 4.78 is 10.9. The number of rotatable bonds is 13. The third-order valence-electron chi connectivity index (χ3n) is 4.33. The molecular weight excluding hydrogens is 344 g/mol. The summed E-state index contributed by atoms with van der Waals surface area (Å²) in [5.74, 6) is -1.07. The Kier molecular flexibility index (Phi) is 12.0. The van der Waals surface area contributed by atoms with Crippen molar-refractivity contribution in [2.24, 2.45) is 5.41 Å². The van der Waals surface area contributed by atoms with Crippen molar-refractivity contribution in [2.75, 3.05) is 0 Å². The van der Waals surface area contributed by atoms with Gasteiger partial charge < -0.3 is 9.47 Å². The van der Waals surface area contributed by atoms with E-state index in [-0.39, 0.29) is 24.3 Å². The quantitative estimate of drug-likeness (QED) is 0.264. The molecule has 0 N–H and O–H groups in total. The lowest BCUT2D eigenvalue weighted by Crippen LogP contribution is -2.40. The van der Waals surface area contributed by atoms with Gasteiger partial charge in [-0.1, -0.05) is 30.4 Å². The number of carbonyl (C=O) groups excluding carboxylic acids is 3. The Bertz CT molecular complexity index is 545. The zero-order valence-electron chi connectivity index (χ0n) is 17.3. The third-order valence-corrected chi connectivity index (χ3v) is 4.33. The zero-order valence-corrected chi connectivity index (χ0v) is 17.3. The van der Waals surface area contributed by atoms with Gasteiger partial charge in [-0.3, -0.25) is 14.4 Å². The minimum atomic E-state index is -1.23. The number of hydrogen-bond acceptors (Lipinski definition) is 5. The predicted molar refractivity (Wildman–Crippen MR) is 107 cm³/mol. The molecule has 2 atom stereocenters. The minimum Gasteiger partial charge on any atom is -0.463 e. The predicted octanol–water partition coefficient (Wildman–Crippen LogP) is 4.71. The van der Waals surface area contributed by atoms with E-state index in [1.165, 1.54) is 6.92 Å². The second-order valence-corrected chi connectivity index (χ2v) is 6.76. The van der Waals surface area contributed by atoms with Gasteiger partial charge in [0.15, 0.2) is 0 Å². The Hall–Kier alpha value is -2.17. The van der Waals surface area contributed by atoms with Crippen molar-refractivity contribution in [3.8, 4) is 0 Å². The molecule has 0 saturated carbocycles. The van der Waals surface area contributed by atoms with Gasteiger partial charge in [-0.2, -0.15) is 0 Å². The molecule has 0 bridgehead atoms. The Morgan fingerprint density at radius 3 is 1.96 bits per heavy atom. The topological polar surface area (TPSA) is 69.7 Å². The lowest BCUT2D eigenvalue weighted by atomic mass is 9.77.